The highest BCUT2D eigenvalue weighted by Crippen LogP contribution is 2.21. The van der Waals surface area contributed by atoms with Gasteiger partial charge in [-0.15, -0.1) is 0 Å². The molecule has 1 N–H and O–H groups in total. The SMILES string of the molecule is Cc1ccccc1CSCCNC(=O)[C@@H](C)N(c1ccc(F)cc1)S(C)(=O)=O. The number of aryl methyl sites for hydroxylation is 1. The van der Waals surface area contributed by atoms with Gasteiger partial charge in [0.15, 0.2) is 0 Å². The Morgan fingerprint density at radius 2 is 1.82 bits per heavy atom. The van der Waals surface area contributed by atoms with Gasteiger partial charge >= 0.3 is 0 Å². The normalized spacial score (nSPS) is 12.4. The van der Waals surface area contributed by atoms with Crippen LogP contribution in [-0.2, 0) is 20.6 Å². The van der Waals surface area contributed by atoms with Gasteiger partial charge in [0.05, 0.1) is 11.9 Å². The predicted octanol–water partition coefficient (Wildman–Crippen LogP) is 3.34. The Balaban J connectivity index is 1.90. The average molecular weight is 425 g/mol. The first-order valence-corrected chi connectivity index (χ1v) is 11.9. The van der Waals surface area contributed by atoms with Crippen molar-refractivity contribution in [2.45, 2.75) is 25.6 Å². The van der Waals surface area contributed by atoms with Crippen molar-refractivity contribution in [2.75, 3.05) is 22.9 Å². The molecular weight excluding hydrogens is 399 g/mol. The number of amides is 1. The number of anilines is 1. The second-order valence-corrected chi connectivity index (χ2v) is 9.45. The van der Waals surface area contributed by atoms with Crippen LogP contribution in [0.3, 0.4) is 0 Å². The molecule has 2 rings (SSSR count). The third-order valence-electron chi connectivity index (χ3n) is 4.23. The zero-order valence-corrected chi connectivity index (χ0v) is 17.8. The molecule has 0 aliphatic heterocycles. The largest absolute Gasteiger partial charge is 0.353 e. The number of nitrogens with one attached hydrogen (secondary N) is 1. The quantitative estimate of drug-likeness (QED) is 0.627. The first kappa shape index (κ1) is 22.2. The number of nitrogens with zero attached hydrogens (tertiary/aromatic N) is 1. The number of benzene rings is 2. The first-order valence-electron chi connectivity index (χ1n) is 8.85. The van der Waals surface area contributed by atoms with Crippen LogP contribution in [-0.4, -0.2) is 38.9 Å². The van der Waals surface area contributed by atoms with Crippen LogP contribution < -0.4 is 9.62 Å². The molecule has 0 heterocycles. The third-order valence-corrected chi connectivity index (χ3v) is 6.48. The number of hydrogen-bond donors (Lipinski definition) is 1. The minimum atomic E-state index is -3.71. The lowest BCUT2D eigenvalue weighted by Gasteiger charge is -2.28. The summed E-state index contributed by atoms with van der Waals surface area (Å²) in [5, 5.41) is 2.78. The Hall–Kier alpha value is -2.06. The smallest absolute Gasteiger partial charge is 0.243 e. The highest BCUT2D eigenvalue weighted by molar-refractivity contribution is 7.98. The summed E-state index contributed by atoms with van der Waals surface area (Å²) in [5.41, 5.74) is 2.74. The fourth-order valence-electron chi connectivity index (χ4n) is 2.75. The summed E-state index contributed by atoms with van der Waals surface area (Å²) >= 11 is 1.70. The minimum Gasteiger partial charge on any atom is -0.353 e. The fourth-order valence-corrected chi connectivity index (χ4v) is 4.85. The van der Waals surface area contributed by atoms with Crippen molar-refractivity contribution < 1.29 is 17.6 Å². The van der Waals surface area contributed by atoms with Crippen molar-refractivity contribution in [3.63, 3.8) is 0 Å². The molecule has 0 aromatic heterocycles. The van der Waals surface area contributed by atoms with E-state index in [1.165, 1.54) is 42.3 Å². The van der Waals surface area contributed by atoms with Crippen molar-refractivity contribution in [3.05, 3.63) is 65.5 Å². The molecule has 152 valence electrons. The Kier molecular flexibility index (Phi) is 7.88. The number of carbonyl (C=O) groups is 1. The summed E-state index contributed by atoms with van der Waals surface area (Å²) < 4.78 is 38.5. The molecule has 5 nitrogen and oxygen atoms in total. The molecule has 1 atom stereocenters. The molecule has 2 aromatic rings. The Bertz CT molecular complexity index is 902. The standard InChI is InChI=1S/C20H25FN2O3S2/c1-15-6-4-5-7-17(15)14-27-13-12-22-20(24)16(2)23(28(3,25)26)19-10-8-18(21)9-11-19/h4-11,16H,12-14H2,1-3H3,(H,22,24)/t16-/m1/s1. The van der Waals surface area contributed by atoms with Crippen molar-refractivity contribution in [1.29, 1.82) is 0 Å². The zero-order valence-electron chi connectivity index (χ0n) is 16.2. The number of halogens is 1. The van der Waals surface area contributed by atoms with Crippen LogP contribution in [0.2, 0.25) is 0 Å². The molecule has 8 heteroatoms. The summed E-state index contributed by atoms with van der Waals surface area (Å²) in [6.45, 7) is 4.01. The van der Waals surface area contributed by atoms with Crippen LogP contribution >= 0.6 is 11.8 Å². The van der Waals surface area contributed by atoms with E-state index in [9.17, 15) is 17.6 Å². The molecule has 0 unspecified atom stereocenters. The lowest BCUT2D eigenvalue weighted by atomic mass is 10.1. The average Bonchev–Trinajstić information content (AvgIpc) is 2.63. The molecule has 0 bridgehead atoms. The molecule has 28 heavy (non-hydrogen) atoms. The van der Waals surface area contributed by atoms with Gasteiger partial charge in [0.25, 0.3) is 0 Å². The highest BCUT2D eigenvalue weighted by Gasteiger charge is 2.28. The van der Waals surface area contributed by atoms with E-state index in [-0.39, 0.29) is 5.69 Å². The molecule has 1 amide bonds. The van der Waals surface area contributed by atoms with Crippen LogP contribution in [0.25, 0.3) is 0 Å². The third kappa shape index (κ3) is 6.24. The monoisotopic (exact) mass is 424 g/mol. The summed E-state index contributed by atoms with van der Waals surface area (Å²) in [4.78, 5) is 12.5. The fraction of sp³-hybridized carbons (Fsp3) is 0.350. The van der Waals surface area contributed by atoms with Gasteiger partial charge < -0.3 is 5.32 Å². The lowest BCUT2D eigenvalue weighted by molar-refractivity contribution is -0.121. The maximum atomic E-state index is 13.1. The highest BCUT2D eigenvalue weighted by atomic mass is 32.2. The predicted molar refractivity (Wildman–Crippen MR) is 114 cm³/mol. The molecule has 0 fully saturated rings. The molecular formula is C20H25FN2O3S2. The second kappa shape index (κ2) is 9.93. The van der Waals surface area contributed by atoms with E-state index in [0.29, 0.717) is 12.3 Å². The number of thioether (sulfide) groups is 1. The minimum absolute atomic E-state index is 0.250. The summed E-state index contributed by atoms with van der Waals surface area (Å²) in [7, 11) is -3.71. The topological polar surface area (TPSA) is 66.5 Å². The molecule has 0 spiro atoms. The van der Waals surface area contributed by atoms with Crippen molar-refractivity contribution in [3.8, 4) is 0 Å². The zero-order chi connectivity index (χ0) is 20.7. The van der Waals surface area contributed by atoms with E-state index in [0.717, 1.165) is 16.3 Å². The summed E-state index contributed by atoms with van der Waals surface area (Å²) in [5.74, 6) is 0.692. The van der Waals surface area contributed by atoms with Gasteiger partial charge in [-0.1, -0.05) is 24.3 Å². The van der Waals surface area contributed by atoms with E-state index in [4.69, 9.17) is 0 Å². The lowest BCUT2D eigenvalue weighted by Crippen LogP contribution is -2.48. The second-order valence-electron chi connectivity index (χ2n) is 6.48. The van der Waals surface area contributed by atoms with Gasteiger partial charge in [0.2, 0.25) is 15.9 Å². The van der Waals surface area contributed by atoms with Crippen LogP contribution in [0.5, 0.6) is 0 Å². The van der Waals surface area contributed by atoms with E-state index in [1.54, 1.807) is 11.8 Å². The van der Waals surface area contributed by atoms with Crippen molar-refractivity contribution >= 4 is 33.4 Å². The van der Waals surface area contributed by atoms with E-state index in [2.05, 4.69) is 24.4 Å². The van der Waals surface area contributed by atoms with Gasteiger partial charge in [0.1, 0.15) is 11.9 Å². The molecule has 0 aliphatic carbocycles. The van der Waals surface area contributed by atoms with E-state index < -0.39 is 27.8 Å². The number of rotatable bonds is 9. The van der Waals surface area contributed by atoms with Gasteiger partial charge in [-0.2, -0.15) is 11.8 Å². The molecule has 0 aliphatic rings. The van der Waals surface area contributed by atoms with Crippen molar-refractivity contribution in [2.24, 2.45) is 0 Å². The number of hydrogen-bond acceptors (Lipinski definition) is 4. The Morgan fingerprint density at radius 1 is 1.18 bits per heavy atom. The van der Waals surface area contributed by atoms with Gasteiger partial charge in [-0.25, -0.2) is 12.8 Å². The molecule has 2 aromatic carbocycles. The van der Waals surface area contributed by atoms with Crippen LogP contribution in [0.1, 0.15) is 18.1 Å². The molecule has 0 radical (unpaired) electrons. The summed E-state index contributed by atoms with van der Waals surface area (Å²) in [6.07, 6.45) is 1.03. The maximum absolute atomic E-state index is 13.1. The number of sulfonamides is 1. The Labute approximate surface area is 170 Å². The Morgan fingerprint density at radius 3 is 2.43 bits per heavy atom. The van der Waals surface area contributed by atoms with Crippen molar-refractivity contribution in [1.82, 2.24) is 5.32 Å². The van der Waals surface area contributed by atoms with E-state index in [1.807, 2.05) is 12.1 Å². The van der Waals surface area contributed by atoms with Gasteiger partial charge in [0, 0.05) is 18.1 Å². The van der Waals surface area contributed by atoms with Gasteiger partial charge in [-0.3, -0.25) is 9.10 Å². The van der Waals surface area contributed by atoms with Crippen LogP contribution in [0.15, 0.2) is 48.5 Å². The first-order chi connectivity index (χ1) is 13.2. The number of carbonyl (C=O) groups excluding carboxylic acids is 1. The van der Waals surface area contributed by atoms with Crippen LogP contribution in [0, 0.1) is 12.7 Å². The maximum Gasteiger partial charge on any atom is 0.243 e. The van der Waals surface area contributed by atoms with Crippen LogP contribution in [0.4, 0.5) is 10.1 Å². The van der Waals surface area contributed by atoms with E-state index >= 15 is 0 Å². The summed E-state index contributed by atoms with van der Waals surface area (Å²) in [6, 6.07) is 12.2. The molecule has 0 saturated carbocycles. The van der Waals surface area contributed by atoms with Gasteiger partial charge in [-0.05, 0) is 49.2 Å². The molecule has 0 saturated heterocycles.